The summed E-state index contributed by atoms with van der Waals surface area (Å²) in [6.07, 6.45) is 1.91. The molecule has 0 aliphatic rings. The highest BCUT2D eigenvalue weighted by Gasteiger charge is 2.04. The number of nitrogen functional groups attached to an aromatic ring is 1. The van der Waals surface area contributed by atoms with Crippen LogP contribution >= 0.6 is 0 Å². The van der Waals surface area contributed by atoms with Crippen molar-refractivity contribution in [3.05, 3.63) is 30.5 Å². The number of aliphatic carboxylic acids is 2. The van der Waals surface area contributed by atoms with Gasteiger partial charge < -0.3 is 20.9 Å². The van der Waals surface area contributed by atoms with Gasteiger partial charge in [0, 0.05) is 22.8 Å². The molecule has 0 unspecified atom stereocenters. The topological polar surface area (TPSA) is 116 Å². The second-order valence-corrected chi connectivity index (χ2v) is 2.93. The van der Waals surface area contributed by atoms with Crippen molar-refractivity contribution in [1.29, 1.82) is 0 Å². The van der Waals surface area contributed by atoms with Crippen molar-refractivity contribution in [2.24, 2.45) is 0 Å². The highest BCUT2D eigenvalue weighted by atomic mass is 16.4. The van der Waals surface area contributed by atoms with E-state index in [0.29, 0.717) is 0 Å². The van der Waals surface area contributed by atoms with E-state index in [9.17, 15) is 0 Å². The predicted octanol–water partition coefficient (Wildman–Crippen LogP) is 0.906. The number of carboxylic acids is 2. The highest BCUT2D eigenvalue weighted by Crippen LogP contribution is 2.14. The minimum absolute atomic E-state index is 0.812. The quantitative estimate of drug-likeness (QED) is 0.390. The number of carbonyl (C=O) groups is 2. The number of rotatable bonds is 0. The van der Waals surface area contributed by atoms with Crippen molar-refractivity contribution in [1.82, 2.24) is 4.98 Å². The first-order valence-electron chi connectivity index (χ1n) is 4.29. The number of fused-ring (bicyclic) bond motifs is 1. The van der Waals surface area contributed by atoms with Crippen LogP contribution in [0.1, 0.15) is 0 Å². The summed E-state index contributed by atoms with van der Waals surface area (Å²) >= 11 is 0. The number of hydrogen-bond donors (Lipinski definition) is 4. The third-order valence-electron chi connectivity index (χ3n) is 1.76. The normalized spacial score (nSPS) is 9.25. The Balaban J connectivity index is 0.000000187. The Bertz CT molecular complexity index is 506. The molecule has 0 saturated carbocycles. The second kappa shape index (κ2) is 4.83. The fraction of sp³-hybridized carbons (Fsp3) is 0. The standard InChI is InChI=1S/C8H8N2.C2H2O4/c9-7-1-2-8-6(5-7)3-4-10-8;3-1(4)2(5)6/h1-5,10H,9H2;(H,3,4)(H,5,6). The molecule has 5 N–H and O–H groups in total. The van der Waals surface area contributed by atoms with Crippen LogP contribution in [0.4, 0.5) is 5.69 Å². The van der Waals surface area contributed by atoms with Gasteiger partial charge in [-0.2, -0.15) is 0 Å². The minimum atomic E-state index is -1.82. The zero-order valence-electron chi connectivity index (χ0n) is 8.18. The molecule has 0 spiro atoms. The second-order valence-electron chi connectivity index (χ2n) is 2.93. The van der Waals surface area contributed by atoms with Gasteiger partial charge in [0.15, 0.2) is 0 Å². The molecule has 6 heteroatoms. The molecule has 0 fully saturated rings. The van der Waals surface area contributed by atoms with Crippen LogP contribution < -0.4 is 5.73 Å². The lowest BCUT2D eigenvalue weighted by molar-refractivity contribution is -0.159. The van der Waals surface area contributed by atoms with E-state index in [-0.39, 0.29) is 0 Å². The number of hydrogen-bond acceptors (Lipinski definition) is 3. The van der Waals surface area contributed by atoms with E-state index in [1.807, 2.05) is 30.5 Å². The van der Waals surface area contributed by atoms with E-state index in [4.69, 9.17) is 25.5 Å². The number of nitrogens with one attached hydrogen (secondary N) is 1. The molecule has 1 aromatic carbocycles. The van der Waals surface area contributed by atoms with Crippen molar-refractivity contribution in [3.63, 3.8) is 0 Å². The molecule has 0 aliphatic heterocycles. The number of aromatic nitrogens is 1. The molecule has 6 nitrogen and oxygen atoms in total. The molecule has 0 amide bonds. The van der Waals surface area contributed by atoms with Gasteiger partial charge in [-0.1, -0.05) is 0 Å². The maximum Gasteiger partial charge on any atom is 0.414 e. The first-order chi connectivity index (χ1) is 7.50. The van der Waals surface area contributed by atoms with E-state index in [1.165, 1.54) is 5.39 Å². The van der Waals surface area contributed by atoms with E-state index >= 15 is 0 Å². The number of carboxylic acid groups (broad SMARTS) is 2. The van der Waals surface area contributed by atoms with Crippen molar-refractivity contribution in [2.75, 3.05) is 5.73 Å². The molecule has 16 heavy (non-hydrogen) atoms. The summed E-state index contributed by atoms with van der Waals surface area (Å²) < 4.78 is 0. The van der Waals surface area contributed by atoms with Crippen LogP contribution in [-0.2, 0) is 9.59 Å². The SMILES string of the molecule is Nc1ccc2[nH]ccc2c1.O=C(O)C(=O)O. The number of anilines is 1. The number of benzene rings is 1. The fourth-order valence-electron chi connectivity index (χ4n) is 1.07. The first kappa shape index (κ1) is 11.6. The summed E-state index contributed by atoms with van der Waals surface area (Å²) in [5.74, 6) is -3.65. The van der Waals surface area contributed by atoms with Gasteiger partial charge in [0.25, 0.3) is 0 Å². The largest absolute Gasteiger partial charge is 0.473 e. The van der Waals surface area contributed by atoms with E-state index in [0.717, 1.165) is 11.2 Å². The zero-order chi connectivity index (χ0) is 12.1. The monoisotopic (exact) mass is 222 g/mol. The third-order valence-corrected chi connectivity index (χ3v) is 1.76. The smallest absolute Gasteiger partial charge is 0.414 e. The van der Waals surface area contributed by atoms with Crippen molar-refractivity contribution in [3.8, 4) is 0 Å². The lowest BCUT2D eigenvalue weighted by Gasteiger charge is -1.90. The van der Waals surface area contributed by atoms with Gasteiger partial charge in [-0.3, -0.25) is 0 Å². The molecule has 0 saturated heterocycles. The Morgan fingerprint density at radius 1 is 1.12 bits per heavy atom. The van der Waals surface area contributed by atoms with Crippen LogP contribution in [0.3, 0.4) is 0 Å². The minimum Gasteiger partial charge on any atom is -0.473 e. The Kier molecular flexibility index (Phi) is 3.49. The molecule has 84 valence electrons. The Labute approximate surface area is 90.3 Å². The Morgan fingerprint density at radius 3 is 2.31 bits per heavy atom. The third kappa shape index (κ3) is 3.02. The fourth-order valence-corrected chi connectivity index (χ4v) is 1.07. The predicted molar refractivity (Wildman–Crippen MR) is 58.0 cm³/mol. The molecule has 0 atom stereocenters. The van der Waals surface area contributed by atoms with Gasteiger partial charge in [-0.25, -0.2) is 9.59 Å². The van der Waals surface area contributed by atoms with E-state index in [1.54, 1.807) is 0 Å². The molecule has 1 aromatic heterocycles. The van der Waals surface area contributed by atoms with Crippen LogP contribution in [0.25, 0.3) is 10.9 Å². The van der Waals surface area contributed by atoms with Gasteiger partial charge >= 0.3 is 11.9 Å². The van der Waals surface area contributed by atoms with Crippen molar-refractivity contribution >= 4 is 28.5 Å². The Hall–Kier alpha value is -2.50. The van der Waals surface area contributed by atoms with Crippen molar-refractivity contribution in [2.45, 2.75) is 0 Å². The lowest BCUT2D eigenvalue weighted by atomic mass is 10.2. The van der Waals surface area contributed by atoms with Crippen LogP contribution in [0.2, 0.25) is 0 Å². The number of aromatic amines is 1. The van der Waals surface area contributed by atoms with Gasteiger partial charge in [0.2, 0.25) is 0 Å². The average molecular weight is 222 g/mol. The van der Waals surface area contributed by atoms with Gasteiger partial charge in [-0.05, 0) is 24.3 Å². The Morgan fingerprint density at radius 2 is 1.75 bits per heavy atom. The molecule has 2 rings (SSSR count). The summed E-state index contributed by atoms with van der Waals surface area (Å²) in [5.41, 5.74) is 7.51. The molecule has 2 aromatic rings. The average Bonchev–Trinajstić information content (AvgIpc) is 2.65. The highest BCUT2D eigenvalue weighted by molar-refractivity contribution is 6.27. The summed E-state index contributed by atoms with van der Waals surface area (Å²) in [4.78, 5) is 21.3. The molecule has 0 bridgehead atoms. The molecular weight excluding hydrogens is 212 g/mol. The number of H-pyrrole nitrogens is 1. The van der Waals surface area contributed by atoms with Gasteiger partial charge in [-0.15, -0.1) is 0 Å². The summed E-state index contributed by atoms with van der Waals surface area (Å²) in [6, 6.07) is 7.82. The van der Waals surface area contributed by atoms with Crippen LogP contribution in [0.5, 0.6) is 0 Å². The van der Waals surface area contributed by atoms with Crippen LogP contribution in [0, 0.1) is 0 Å². The van der Waals surface area contributed by atoms with E-state index < -0.39 is 11.9 Å². The van der Waals surface area contributed by atoms with Gasteiger partial charge in [0.05, 0.1) is 0 Å². The summed E-state index contributed by atoms with van der Waals surface area (Å²) in [5, 5.41) is 15.9. The lowest BCUT2D eigenvalue weighted by Crippen LogP contribution is -2.09. The maximum atomic E-state index is 9.10. The molecule has 0 radical (unpaired) electrons. The van der Waals surface area contributed by atoms with Crippen LogP contribution in [-0.4, -0.2) is 27.1 Å². The van der Waals surface area contributed by atoms with Crippen molar-refractivity contribution < 1.29 is 19.8 Å². The van der Waals surface area contributed by atoms with E-state index in [2.05, 4.69) is 4.98 Å². The number of nitrogens with two attached hydrogens (primary N) is 1. The summed E-state index contributed by atoms with van der Waals surface area (Å²) in [6.45, 7) is 0. The first-order valence-corrected chi connectivity index (χ1v) is 4.29. The summed E-state index contributed by atoms with van der Waals surface area (Å²) in [7, 11) is 0. The zero-order valence-corrected chi connectivity index (χ0v) is 8.18. The molecule has 0 aliphatic carbocycles. The molecule has 1 heterocycles. The molecular formula is C10H10N2O4. The van der Waals surface area contributed by atoms with Crippen LogP contribution in [0.15, 0.2) is 30.5 Å². The maximum absolute atomic E-state index is 9.10. The van der Waals surface area contributed by atoms with Gasteiger partial charge in [0.1, 0.15) is 0 Å².